The third-order valence-corrected chi connectivity index (χ3v) is 8.99. The lowest BCUT2D eigenvalue weighted by Gasteiger charge is -2.32. The maximum Gasteiger partial charge on any atom is 0.307 e. The number of carbonyl (C=O) groups is 3. The smallest absolute Gasteiger partial charge is 0.307 e. The number of para-hydroxylation sites is 3. The number of rotatable bonds is 28. The summed E-state index contributed by atoms with van der Waals surface area (Å²) in [5.41, 5.74) is 2.56. The first kappa shape index (κ1) is 43.8. The van der Waals surface area contributed by atoms with Gasteiger partial charge in [0.15, 0.2) is 0 Å². The first-order valence-corrected chi connectivity index (χ1v) is 18.7. The molecule has 0 radical (unpaired) electrons. The molecule has 0 bridgehead atoms. The quantitative estimate of drug-likeness (QED) is 0.0520. The van der Waals surface area contributed by atoms with Crippen LogP contribution >= 0.6 is 0 Å². The fraction of sp³-hybridized carbons (Fsp3) is 0.500. The number of carbonyl (C=O) groups excluding carboxylic acids is 3. The van der Waals surface area contributed by atoms with Crippen LogP contribution in [0.1, 0.15) is 32.6 Å². The minimum atomic E-state index is -0.535. The van der Waals surface area contributed by atoms with Crippen molar-refractivity contribution < 1.29 is 42.8 Å². The highest BCUT2D eigenvalue weighted by molar-refractivity contribution is 5.71. The summed E-state index contributed by atoms with van der Waals surface area (Å²) in [6, 6.07) is 29.6. The molecule has 12 heteroatoms. The molecule has 3 rings (SSSR count). The predicted molar refractivity (Wildman–Crippen MR) is 211 cm³/mol. The number of anilines is 3. The van der Waals surface area contributed by atoms with E-state index in [4.69, 9.17) is 28.4 Å². The summed E-state index contributed by atoms with van der Waals surface area (Å²) >= 11 is 0. The van der Waals surface area contributed by atoms with Gasteiger partial charge in [-0.3, -0.25) is 14.4 Å². The van der Waals surface area contributed by atoms with Crippen LogP contribution in [0.3, 0.4) is 0 Å². The fourth-order valence-corrected chi connectivity index (χ4v) is 5.37. The number of ether oxygens (including phenoxy) is 6. The molecular formula is C42H59N3O9. The lowest BCUT2D eigenvalue weighted by Crippen LogP contribution is -2.38. The monoisotopic (exact) mass is 749 g/mol. The Morgan fingerprint density at radius 3 is 1.00 bits per heavy atom. The zero-order chi connectivity index (χ0) is 38.9. The summed E-state index contributed by atoms with van der Waals surface area (Å²) in [6.07, 6.45) is 1.44. The van der Waals surface area contributed by atoms with Gasteiger partial charge < -0.3 is 43.1 Å². The predicted octanol–water partition coefficient (Wildman–Crippen LogP) is 5.64. The van der Waals surface area contributed by atoms with E-state index in [9.17, 15) is 14.4 Å². The van der Waals surface area contributed by atoms with Crippen LogP contribution in [0.25, 0.3) is 0 Å². The van der Waals surface area contributed by atoms with E-state index in [0.29, 0.717) is 26.1 Å². The maximum absolute atomic E-state index is 12.4. The Hall–Kier alpha value is -4.65. The summed E-state index contributed by atoms with van der Waals surface area (Å²) in [4.78, 5) is 43.1. The van der Waals surface area contributed by atoms with Gasteiger partial charge in [0.25, 0.3) is 0 Å². The van der Waals surface area contributed by atoms with Crippen molar-refractivity contribution in [3.63, 3.8) is 0 Å². The molecule has 0 unspecified atom stereocenters. The number of esters is 3. The maximum atomic E-state index is 12.4. The average molecular weight is 750 g/mol. The van der Waals surface area contributed by atoms with Crippen LogP contribution in [-0.2, 0) is 42.8 Å². The minimum Gasteiger partial charge on any atom is -0.463 e. The van der Waals surface area contributed by atoms with E-state index >= 15 is 0 Å². The van der Waals surface area contributed by atoms with Crippen molar-refractivity contribution in [2.75, 3.05) is 115 Å². The Balaban J connectivity index is 1.39. The highest BCUT2D eigenvalue weighted by Crippen LogP contribution is 2.24. The first-order valence-electron chi connectivity index (χ1n) is 18.7. The van der Waals surface area contributed by atoms with E-state index in [1.165, 1.54) is 0 Å². The molecule has 0 aromatic heterocycles. The second-order valence-electron chi connectivity index (χ2n) is 13.2. The van der Waals surface area contributed by atoms with Gasteiger partial charge in [-0.2, -0.15) is 0 Å². The molecule has 0 aliphatic carbocycles. The number of hydrogen-bond acceptors (Lipinski definition) is 12. The van der Waals surface area contributed by atoms with Gasteiger partial charge in [-0.05, 0) is 42.8 Å². The van der Waals surface area contributed by atoms with Gasteiger partial charge in [0.05, 0.1) is 58.9 Å². The Labute approximate surface area is 321 Å². The lowest BCUT2D eigenvalue weighted by molar-refractivity contribution is -0.147. The molecule has 3 aromatic carbocycles. The van der Waals surface area contributed by atoms with Crippen molar-refractivity contribution in [1.29, 1.82) is 0 Å². The molecule has 3 aromatic rings. The second kappa shape index (κ2) is 25.4. The molecule has 12 nitrogen and oxygen atoms in total. The molecule has 54 heavy (non-hydrogen) atoms. The summed E-state index contributed by atoms with van der Waals surface area (Å²) < 4.78 is 34.2. The Morgan fingerprint density at radius 2 is 0.741 bits per heavy atom. The Morgan fingerprint density at radius 1 is 0.463 bits per heavy atom. The van der Waals surface area contributed by atoms with Crippen molar-refractivity contribution in [2.24, 2.45) is 5.41 Å². The van der Waals surface area contributed by atoms with Crippen LogP contribution in [0.15, 0.2) is 91.0 Å². The summed E-state index contributed by atoms with van der Waals surface area (Å²) in [5, 5.41) is 0. The van der Waals surface area contributed by atoms with Gasteiger partial charge in [-0.1, -0.05) is 61.5 Å². The van der Waals surface area contributed by atoms with Gasteiger partial charge in [0.2, 0.25) is 0 Å². The van der Waals surface area contributed by atoms with Gasteiger partial charge in [-0.25, -0.2) is 0 Å². The molecular weight excluding hydrogens is 690 g/mol. The van der Waals surface area contributed by atoms with Gasteiger partial charge in [-0.15, -0.1) is 0 Å². The SMILES string of the molecule is CCC(COCCOC(=O)CCN(C)c1ccccc1)(COCCOC(=O)CCN(C)c1ccccc1)COCCOC(=O)CCN(C)c1ccccc1. The molecule has 0 atom stereocenters. The van der Waals surface area contributed by atoms with E-state index in [1.54, 1.807) is 0 Å². The van der Waals surface area contributed by atoms with Crippen molar-refractivity contribution in [1.82, 2.24) is 0 Å². The average Bonchev–Trinajstić information content (AvgIpc) is 3.21. The van der Waals surface area contributed by atoms with Crippen molar-refractivity contribution in [2.45, 2.75) is 32.6 Å². The minimum absolute atomic E-state index is 0.125. The van der Waals surface area contributed by atoms with Crippen LogP contribution in [-0.4, -0.2) is 118 Å². The van der Waals surface area contributed by atoms with Crippen LogP contribution in [0.5, 0.6) is 0 Å². The summed E-state index contributed by atoms with van der Waals surface area (Å²) in [7, 11) is 5.81. The number of nitrogens with zero attached hydrogens (tertiary/aromatic N) is 3. The molecule has 0 saturated heterocycles. The number of benzene rings is 3. The molecule has 0 N–H and O–H groups in total. The Bertz CT molecular complexity index is 1290. The lowest BCUT2D eigenvalue weighted by atomic mass is 9.88. The topological polar surface area (TPSA) is 116 Å². The highest BCUT2D eigenvalue weighted by atomic mass is 16.6. The normalized spacial score (nSPS) is 11.1. The Kier molecular flexibility index (Phi) is 20.6. The zero-order valence-electron chi connectivity index (χ0n) is 32.5. The molecule has 0 aliphatic rings. The fourth-order valence-electron chi connectivity index (χ4n) is 5.37. The van der Waals surface area contributed by atoms with E-state index in [1.807, 2.05) is 134 Å². The van der Waals surface area contributed by atoms with E-state index in [2.05, 4.69) is 0 Å². The van der Waals surface area contributed by atoms with E-state index < -0.39 is 5.41 Å². The van der Waals surface area contributed by atoms with E-state index in [0.717, 1.165) is 17.1 Å². The standard InChI is InChI=1S/C42H59N3O9/c1-5-42(33-49-27-30-52-39(46)21-24-43(2)36-15-9-6-10-16-36,34-50-28-31-53-40(47)22-25-44(3)37-17-11-7-12-18-37)35-51-29-32-54-41(48)23-26-45(4)38-19-13-8-14-20-38/h6-20H,5,21-35H2,1-4H3. The molecule has 0 aliphatic heterocycles. The van der Waals surface area contributed by atoms with E-state index in [-0.39, 0.29) is 96.6 Å². The number of hydrogen-bond donors (Lipinski definition) is 0. The van der Waals surface area contributed by atoms with Gasteiger partial charge >= 0.3 is 17.9 Å². The highest BCUT2D eigenvalue weighted by Gasteiger charge is 2.30. The molecule has 0 spiro atoms. The molecule has 0 heterocycles. The molecule has 0 fully saturated rings. The van der Waals surface area contributed by atoms with Crippen LogP contribution < -0.4 is 14.7 Å². The summed E-state index contributed by atoms with van der Waals surface area (Å²) in [5.74, 6) is -0.882. The third-order valence-electron chi connectivity index (χ3n) is 8.99. The molecule has 296 valence electrons. The van der Waals surface area contributed by atoms with Crippen molar-refractivity contribution in [3.05, 3.63) is 91.0 Å². The van der Waals surface area contributed by atoms with Crippen LogP contribution in [0.4, 0.5) is 17.1 Å². The van der Waals surface area contributed by atoms with Gasteiger partial charge in [0, 0.05) is 63.3 Å². The molecule has 0 saturated carbocycles. The summed E-state index contributed by atoms with van der Waals surface area (Å²) in [6.45, 7) is 5.52. The first-order chi connectivity index (χ1) is 26.2. The van der Waals surface area contributed by atoms with Crippen LogP contribution in [0, 0.1) is 5.41 Å². The largest absolute Gasteiger partial charge is 0.463 e. The van der Waals surface area contributed by atoms with Crippen molar-refractivity contribution in [3.8, 4) is 0 Å². The van der Waals surface area contributed by atoms with Crippen molar-refractivity contribution >= 4 is 35.0 Å². The van der Waals surface area contributed by atoms with Crippen LogP contribution in [0.2, 0.25) is 0 Å². The van der Waals surface area contributed by atoms with Gasteiger partial charge in [0.1, 0.15) is 19.8 Å². The second-order valence-corrected chi connectivity index (χ2v) is 13.2. The molecule has 0 amide bonds. The zero-order valence-corrected chi connectivity index (χ0v) is 32.5. The third kappa shape index (κ3) is 17.5.